The number of aryl methyl sites for hydroxylation is 1. The number of hydrogen-bond acceptors (Lipinski definition) is 7. The predicted molar refractivity (Wildman–Crippen MR) is 140 cm³/mol. The maximum Gasteiger partial charge on any atom is 0.274 e. The lowest BCUT2D eigenvalue weighted by atomic mass is 10.0. The van der Waals surface area contributed by atoms with Crippen molar-refractivity contribution in [2.45, 2.75) is 18.4 Å². The van der Waals surface area contributed by atoms with Crippen LogP contribution in [0, 0.1) is 23.3 Å². The fourth-order valence-electron chi connectivity index (χ4n) is 4.02. The molecule has 0 saturated heterocycles. The molecule has 14 heteroatoms. The number of sulfonamides is 1. The lowest BCUT2D eigenvalue weighted by Crippen LogP contribution is -2.43. The van der Waals surface area contributed by atoms with E-state index in [-0.39, 0.29) is 21.4 Å². The van der Waals surface area contributed by atoms with Gasteiger partial charge in [-0.1, -0.05) is 0 Å². The van der Waals surface area contributed by atoms with Crippen molar-refractivity contribution in [3.05, 3.63) is 78.1 Å². The molecular weight excluding hydrogens is 552 g/mol. The van der Waals surface area contributed by atoms with Gasteiger partial charge < -0.3 is 10.6 Å². The van der Waals surface area contributed by atoms with Crippen LogP contribution in [0.3, 0.4) is 0 Å². The Balaban J connectivity index is 2.00. The second kappa shape index (κ2) is 11.1. The molecule has 0 unspecified atom stereocenters. The van der Waals surface area contributed by atoms with Gasteiger partial charge in [0.25, 0.3) is 15.9 Å². The van der Waals surface area contributed by atoms with Crippen LogP contribution in [-0.2, 0) is 21.4 Å². The first-order chi connectivity index (χ1) is 18.8. The molecule has 0 aliphatic heterocycles. The standard InChI is InChI=1S/C26H24F4N6O3S/c1-4-35-13-17(15-9-10-32-22(31)11-15)26(33-35)24-19(29)7-8-20(25(24)30)36(23(37)14-34(2)3)40(38,39)21-12-16(27)5-6-18(21)28/h5-13H,4,14H2,1-3H3,(H2,31,32). The highest BCUT2D eigenvalue weighted by Gasteiger charge is 2.37. The van der Waals surface area contributed by atoms with E-state index in [1.807, 2.05) is 0 Å². The number of aromatic nitrogens is 3. The SMILES string of the molecule is CCn1cc(-c2ccnc(N)c2)c(-c2c(F)ccc(N(C(=O)CN(C)C)S(=O)(=O)c3cc(F)ccc3F)c2F)n1. The van der Waals surface area contributed by atoms with E-state index in [1.165, 1.54) is 42.1 Å². The minimum Gasteiger partial charge on any atom is -0.384 e. The van der Waals surface area contributed by atoms with Crippen molar-refractivity contribution in [3.8, 4) is 22.4 Å². The second-order valence-electron chi connectivity index (χ2n) is 8.95. The molecule has 0 bridgehead atoms. The van der Waals surface area contributed by atoms with Gasteiger partial charge in [-0.25, -0.2) is 31.0 Å². The predicted octanol–water partition coefficient (Wildman–Crippen LogP) is 4.05. The molecule has 2 N–H and O–H groups in total. The molecule has 0 spiro atoms. The monoisotopic (exact) mass is 576 g/mol. The Hall–Kier alpha value is -4.30. The maximum atomic E-state index is 16.3. The number of nitrogens with two attached hydrogens (primary N) is 1. The van der Waals surface area contributed by atoms with E-state index in [0.717, 1.165) is 12.1 Å². The zero-order valence-electron chi connectivity index (χ0n) is 21.6. The van der Waals surface area contributed by atoms with Crippen molar-refractivity contribution in [2.24, 2.45) is 0 Å². The van der Waals surface area contributed by atoms with Gasteiger partial charge in [0.05, 0.1) is 17.8 Å². The number of benzene rings is 2. The van der Waals surface area contributed by atoms with Crippen LogP contribution >= 0.6 is 0 Å². The zero-order chi connectivity index (χ0) is 29.4. The van der Waals surface area contributed by atoms with Gasteiger partial charge in [-0.2, -0.15) is 9.40 Å². The Morgan fingerprint density at radius 2 is 1.73 bits per heavy atom. The molecule has 0 fully saturated rings. The number of hydrogen-bond donors (Lipinski definition) is 1. The highest BCUT2D eigenvalue weighted by atomic mass is 32.2. The molecule has 210 valence electrons. The molecule has 0 aliphatic rings. The van der Waals surface area contributed by atoms with Crippen molar-refractivity contribution in [1.82, 2.24) is 19.7 Å². The summed E-state index contributed by atoms with van der Waals surface area (Å²) in [5.41, 5.74) is 4.60. The van der Waals surface area contributed by atoms with Crippen molar-refractivity contribution < 1.29 is 30.8 Å². The van der Waals surface area contributed by atoms with E-state index in [4.69, 9.17) is 5.73 Å². The third-order valence-electron chi connectivity index (χ3n) is 5.79. The molecule has 0 saturated carbocycles. The second-order valence-corrected chi connectivity index (χ2v) is 10.7. The van der Waals surface area contributed by atoms with Crippen molar-refractivity contribution in [2.75, 3.05) is 30.7 Å². The first-order valence-corrected chi connectivity index (χ1v) is 13.2. The summed E-state index contributed by atoms with van der Waals surface area (Å²) < 4.78 is 88.7. The van der Waals surface area contributed by atoms with Gasteiger partial charge >= 0.3 is 0 Å². The van der Waals surface area contributed by atoms with Crippen LogP contribution < -0.4 is 10.0 Å². The van der Waals surface area contributed by atoms with Gasteiger partial charge in [-0.15, -0.1) is 0 Å². The fourth-order valence-corrected chi connectivity index (χ4v) is 5.51. The summed E-state index contributed by atoms with van der Waals surface area (Å²) in [6, 6.07) is 6.12. The first kappa shape index (κ1) is 28.7. The Bertz CT molecular complexity index is 1710. The number of carbonyl (C=O) groups excluding carboxylic acids is 1. The lowest BCUT2D eigenvalue weighted by molar-refractivity contribution is -0.118. The average molecular weight is 577 g/mol. The van der Waals surface area contributed by atoms with Gasteiger partial charge in [0.15, 0.2) is 5.82 Å². The molecule has 2 aromatic heterocycles. The fraction of sp³-hybridized carbons (Fsp3) is 0.192. The minimum absolute atomic E-state index is 0.00401. The van der Waals surface area contributed by atoms with Gasteiger partial charge in [-0.05, 0) is 69.0 Å². The zero-order valence-corrected chi connectivity index (χ0v) is 22.4. The topological polar surface area (TPSA) is 114 Å². The van der Waals surface area contributed by atoms with Crippen LogP contribution in [0.4, 0.5) is 29.1 Å². The number of pyridine rings is 1. The molecule has 2 aromatic carbocycles. The lowest BCUT2D eigenvalue weighted by Gasteiger charge is -2.25. The summed E-state index contributed by atoms with van der Waals surface area (Å²) in [5, 5.41) is 4.27. The van der Waals surface area contributed by atoms with E-state index in [0.29, 0.717) is 30.3 Å². The number of amides is 1. The van der Waals surface area contributed by atoms with Crippen molar-refractivity contribution in [3.63, 3.8) is 0 Å². The normalized spacial score (nSPS) is 11.7. The largest absolute Gasteiger partial charge is 0.384 e. The average Bonchev–Trinajstić information content (AvgIpc) is 3.30. The van der Waals surface area contributed by atoms with Crippen molar-refractivity contribution >= 4 is 27.4 Å². The molecule has 0 radical (unpaired) electrons. The summed E-state index contributed by atoms with van der Waals surface area (Å²) in [6.07, 6.45) is 2.91. The van der Waals surface area contributed by atoms with Crippen LogP contribution in [0.15, 0.2) is 59.8 Å². The minimum atomic E-state index is -5.22. The molecule has 4 rings (SSSR count). The van der Waals surface area contributed by atoms with E-state index in [1.54, 1.807) is 13.0 Å². The van der Waals surface area contributed by atoms with Gasteiger partial charge in [0.2, 0.25) is 0 Å². The third-order valence-corrected chi connectivity index (χ3v) is 7.54. The van der Waals surface area contributed by atoms with E-state index >= 15 is 8.78 Å². The van der Waals surface area contributed by atoms with Crippen LogP contribution in [0.1, 0.15) is 6.92 Å². The number of nitrogens with zero attached hydrogens (tertiary/aromatic N) is 5. The molecule has 0 atom stereocenters. The Morgan fingerprint density at radius 1 is 1.02 bits per heavy atom. The highest BCUT2D eigenvalue weighted by molar-refractivity contribution is 7.93. The number of halogens is 4. The highest BCUT2D eigenvalue weighted by Crippen LogP contribution is 2.39. The summed E-state index contributed by atoms with van der Waals surface area (Å²) >= 11 is 0. The number of anilines is 2. The van der Waals surface area contributed by atoms with E-state index in [9.17, 15) is 22.0 Å². The molecule has 1 amide bonds. The van der Waals surface area contributed by atoms with Gasteiger partial charge in [0.1, 0.15) is 33.9 Å². The number of carbonyl (C=O) groups is 1. The van der Waals surface area contributed by atoms with Crippen LogP contribution in [0.2, 0.25) is 0 Å². The molecule has 9 nitrogen and oxygen atoms in total. The summed E-state index contributed by atoms with van der Waals surface area (Å²) in [7, 11) is -2.33. The van der Waals surface area contributed by atoms with Crippen LogP contribution in [0.5, 0.6) is 0 Å². The van der Waals surface area contributed by atoms with Gasteiger partial charge in [-0.3, -0.25) is 9.48 Å². The first-order valence-electron chi connectivity index (χ1n) is 11.8. The molecular formula is C26H24F4N6O3S. The Kier molecular flexibility index (Phi) is 7.93. The molecule has 2 heterocycles. The van der Waals surface area contributed by atoms with Crippen LogP contribution in [-0.4, -0.2) is 54.6 Å². The number of nitrogen functional groups attached to an aromatic ring is 1. The Labute approximate surface area is 227 Å². The maximum absolute atomic E-state index is 16.3. The molecule has 4 aromatic rings. The van der Waals surface area contributed by atoms with Crippen molar-refractivity contribution in [1.29, 1.82) is 0 Å². The summed E-state index contributed by atoms with van der Waals surface area (Å²) in [4.78, 5) is 17.2. The third kappa shape index (κ3) is 5.40. The quantitative estimate of drug-likeness (QED) is 0.315. The molecule has 0 aliphatic carbocycles. The van der Waals surface area contributed by atoms with Gasteiger partial charge in [0, 0.05) is 24.5 Å². The summed E-state index contributed by atoms with van der Waals surface area (Å²) in [6.45, 7) is 1.50. The van der Waals surface area contributed by atoms with E-state index in [2.05, 4.69) is 10.1 Å². The van der Waals surface area contributed by atoms with E-state index < -0.39 is 61.9 Å². The number of likely N-dealkylation sites (N-methyl/N-ethyl adjacent to an activating group) is 1. The number of rotatable bonds is 8. The smallest absolute Gasteiger partial charge is 0.274 e. The summed E-state index contributed by atoms with van der Waals surface area (Å²) in [5.74, 6) is -6.12. The molecule has 40 heavy (non-hydrogen) atoms. The van der Waals surface area contributed by atoms with Crippen LogP contribution in [0.25, 0.3) is 22.4 Å². The Morgan fingerprint density at radius 3 is 2.38 bits per heavy atom.